The average molecular weight is 226 g/mol. The Kier molecular flexibility index (Phi) is 3.71. The number of carbonyl (C=O) groups is 2. The molecule has 0 atom stereocenters. The first-order valence-electron chi connectivity index (χ1n) is 4.24. The number of esters is 2. The van der Waals surface area contributed by atoms with Gasteiger partial charge >= 0.3 is 11.9 Å². The smallest absolute Gasteiger partial charge is 0.344 e. The van der Waals surface area contributed by atoms with E-state index in [1.807, 2.05) is 0 Å². The highest BCUT2D eigenvalue weighted by molar-refractivity contribution is 6.17. The second-order valence-corrected chi connectivity index (χ2v) is 2.69. The normalized spacial score (nSPS) is 11.0. The van der Waals surface area contributed by atoms with Gasteiger partial charge in [0.25, 0.3) is 0 Å². The zero-order chi connectivity index (χ0) is 12.1. The first kappa shape index (κ1) is 11.8. The molecule has 0 aromatic carbocycles. The van der Waals surface area contributed by atoms with Gasteiger partial charge in [-0.25, -0.2) is 9.59 Å². The highest BCUT2D eigenvalue weighted by Gasteiger charge is 2.24. The van der Waals surface area contributed by atoms with Gasteiger partial charge < -0.3 is 19.0 Å². The van der Waals surface area contributed by atoms with Crippen LogP contribution < -0.4 is 0 Å². The Balaban J connectivity index is 3.17. The van der Waals surface area contributed by atoms with E-state index in [2.05, 4.69) is 9.47 Å². The molecule has 0 unspecified atom stereocenters. The molecule has 0 amide bonds. The van der Waals surface area contributed by atoms with Crippen LogP contribution in [0.5, 0.6) is 0 Å². The van der Waals surface area contributed by atoms with Crippen LogP contribution in [0.15, 0.2) is 23.0 Å². The molecule has 1 aromatic heterocycles. The molecular weight excluding hydrogens is 216 g/mol. The summed E-state index contributed by atoms with van der Waals surface area (Å²) < 4.78 is 13.8. The Morgan fingerprint density at radius 3 is 2.56 bits per heavy atom. The van der Waals surface area contributed by atoms with E-state index in [4.69, 9.17) is 9.52 Å². The molecule has 0 spiro atoms. The Labute approximate surface area is 91.1 Å². The highest BCUT2D eigenvalue weighted by atomic mass is 16.5. The second kappa shape index (κ2) is 5.01. The van der Waals surface area contributed by atoms with Gasteiger partial charge in [-0.3, -0.25) is 0 Å². The Morgan fingerprint density at radius 1 is 1.38 bits per heavy atom. The lowest BCUT2D eigenvalue weighted by Crippen LogP contribution is -2.08. The number of hydrogen-bond donors (Lipinski definition) is 1. The summed E-state index contributed by atoms with van der Waals surface area (Å²) in [6.45, 7) is 0. The standard InChI is InChI=1S/C10H10O6/c1-14-9(12)6-3-4-16-8(6)7(5-11)10(13)15-2/h3-5,11H,1-2H3/b7-5-. The van der Waals surface area contributed by atoms with Crippen molar-refractivity contribution in [1.29, 1.82) is 0 Å². The summed E-state index contributed by atoms with van der Waals surface area (Å²) in [6, 6.07) is 1.33. The van der Waals surface area contributed by atoms with Gasteiger partial charge in [0.1, 0.15) is 11.1 Å². The summed E-state index contributed by atoms with van der Waals surface area (Å²) >= 11 is 0. The second-order valence-electron chi connectivity index (χ2n) is 2.69. The lowest BCUT2D eigenvalue weighted by molar-refractivity contribution is -0.133. The maximum absolute atomic E-state index is 11.3. The molecule has 0 fully saturated rings. The lowest BCUT2D eigenvalue weighted by Gasteiger charge is -2.02. The number of furan rings is 1. The minimum absolute atomic E-state index is 0.0354. The van der Waals surface area contributed by atoms with E-state index in [1.165, 1.54) is 19.4 Å². The van der Waals surface area contributed by atoms with E-state index in [0.29, 0.717) is 6.26 Å². The molecule has 0 radical (unpaired) electrons. The number of aliphatic hydroxyl groups is 1. The van der Waals surface area contributed by atoms with E-state index in [9.17, 15) is 9.59 Å². The molecule has 1 N–H and O–H groups in total. The average Bonchev–Trinajstić information content (AvgIpc) is 2.77. The van der Waals surface area contributed by atoms with E-state index in [-0.39, 0.29) is 16.9 Å². The molecule has 0 saturated carbocycles. The summed E-state index contributed by atoms with van der Waals surface area (Å²) in [5.74, 6) is -1.59. The SMILES string of the molecule is COC(=O)/C(=C\O)c1occc1C(=O)OC. The maximum Gasteiger partial charge on any atom is 0.344 e. The number of rotatable bonds is 3. The van der Waals surface area contributed by atoms with Gasteiger partial charge in [0.05, 0.1) is 26.7 Å². The monoisotopic (exact) mass is 226 g/mol. The molecule has 0 saturated heterocycles. The predicted octanol–water partition coefficient (Wildman–Crippen LogP) is 1.14. The molecule has 16 heavy (non-hydrogen) atoms. The summed E-state index contributed by atoms with van der Waals surface area (Å²) in [7, 11) is 2.34. The van der Waals surface area contributed by atoms with Crippen LogP contribution in [0.25, 0.3) is 5.57 Å². The van der Waals surface area contributed by atoms with Crippen LogP contribution in [-0.4, -0.2) is 31.3 Å². The van der Waals surface area contributed by atoms with E-state index < -0.39 is 11.9 Å². The maximum atomic E-state index is 11.3. The number of hydrogen-bond acceptors (Lipinski definition) is 6. The zero-order valence-corrected chi connectivity index (χ0v) is 8.72. The van der Waals surface area contributed by atoms with Gasteiger partial charge in [0.2, 0.25) is 0 Å². The Hall–Kier alpha value is -2.24. The fourth-order valence-corrected chi connectivity index (χ4v) is 1.10. The van der Waals surface area contributed by atoms with Crippen LogP contribution in [0, 0.1) is 0 Å². The van der Waals surface area contributed by atoms with Crippen LogP contribution in [-0.2, 0) is 14.3 Å². The van der Waals surface area contributed by atoms with Crippen molar-refractivity contribution in [3.63, 3.8) is 0 Å². The molecule has 0 aliphatic rings. The van der Waals surface area contributed by atoms with Crippen molar-refractivity contribution in [3.8, 4) is 0 Å². The third kappa shape index (κ3) is 2.05. The van der Waals surface area contributed by atoms with E-state index >= 15 is 0 Å². The summed E-state index contributed by atoms with van der Waals surface area (Å²) in [5.41, 5.74) is -0.221. The van der Waals surface area contributed by atoms with Gasteiger partial charge in [0.15, 0.2) is 5.76 Å². The van der Waals surface area contributed by atoms with Crippen LogP contribution in [0.1, 0.15) is 16.1 Å². The molecule has 0 aliphatic carbocycles. The molecular formula is C10H10O6. The number of ether oxygens (including phenoxy) is 2. The summed E-state index contributed by atoms with van der Waals surface area (Å²) in [6.07, 6.45) is 1.71. The summed E-state index contributed by atoms with van der Waals surface area (Å²) in [4.78, 5) is 22.5. The minimum Gasteiger partial charge on any atom is -0.515 e. The van der Waals surface area contributed by atoms with Crippen LogP contribution in [0.2, 0.25) is 0 Å². The molecule has 1 heterocycles. The van der Waals surface area contributed by atoms with Gasteiger partial charge in [-0.1, -0.05) is 0 Å². The van der Waals surface area contributed by atoms with Crippen molar-refractivity contribution in [1.82, 2.24) is 0 Å². The Bertz CT molecular complexity index is 428. The van der Waals surface area contributed by atoms with Crippen molar-refractivity contribution in [2.75, 3.05) is 14.2 Å². The molecule has 6 nitrogen and oxygen atoms in total. The fraction of sp³-hybridized carbons (Fsp3) is 0.200. The Morgan fingerprint density at radius 2 is 2.06 bits per heavy atom. The predicted molar refractivity (Wildman–Crippen MR) is 52.7 cm³/mol. The quantitative estimate of drug-likeness (QED) is 0.472. The van der Waals surface area contributed by atoms with Crippen molar-refractivity contribution >= 4 is 17.5 Å². The van der Waals surface area contributed by atoms with Gasteiger partial charge in [-0.05, 0) is 6.07 Å². The zero-order valence-electron chi connectivity index (χ0n) is 8.72. The first-order chi connectivity index (χ1) is 7.65. The number of carbonyl (C=O) groups excluding carboxylic acids is 2. The van der Waals surface area contributed by atoms with Gasteiger partial charge in [-0.15, -0.1) is 0 Å². The molecule has 1 rings (SSSR count). The fourth-order valence-electron chi connectivity index (χ4n) is 1.10. The third-order valence-electron chi connectivity index (χ3n) is 1.85. The van der Waals surface area contributed by atoms with Crippen LogP contribution >= 0.6 is 0 Å². The van der Waals surface area contributed by atoms with Crippen molar-refractivity contribution in [2.45, 2.75) is 0 Å². The van der Waals surface area contributed by atoms with Gasteiger partial charge in [-0.2, -0.15) is 0 Å². The van der Waals surface area contributed by atoms with Crippen LogP contribution in [0.3, 0.4) is 0 Å². The van der Waals surface area contributed by atoms with Crippen molar-refractivity contribution in [3.05, 3.63) is 29.9 Å². The topological polar surface area (TPSA) is 86.0 Å². The number of methoxy groups -OCH3 is 2. The third-order valence-corrected chi connectivity index (χ3v) is 1.85. The first-order valence-corrected chi connectivity index (χ1v) is 4.24. The lowest BCUT2D eigenvalue weighted by atomic mass is 10.1. The van der Waals surface area contributed by atoms with E-state index in [1.54, 1.807) is 0 Å². The molecule has 0 aliphatic heterocycles. The van der Waals surface area contributed by atoms with Crippen molar-refractivity contribution < 1.29 is 28.6 Å². The highest BCUT2D eigenvalue weighted by Crippen LogP contribution is 2.22. The summed E-state index contributed by atoms with van der Waals surface area (Å²) in [5, 5.41) is 8.90. The molecule has 1 aromatic rings. The van der Waals surface area contributed by atoms with E-state index in [0.717, 1.165) is 7.11 Å². The largest absolute Gasteiger partial charge is 0.515 e. The molecule has 86 valence electrons. The minimum atomic E-state index is -0.817. The molecule has 0 bridgehead atoms. The van der Waals surface area contributed by atoms with Crippen LogP contribution in [0.4, 0.5) is 0 Å². The van der Waals surface area contributed by atoms with Gasteiger partial charge in [0, 0.05) is 0 Å². The molecule has 6 heteroatoms. The number of aliphatic hydroxyl groups excluding tert-OH is 1. The van der Waals surface area contributed by atoms with Crippen molar-refractivity contribution in [2.24, 2.45) is 0 Å².